The highest BCUT2D eigenvalue weighted by Gasteiger charge is 2.14. The summed E-state index contributed by atoms with van der Waals surface area (Å²) in [5, 5.41) is 3.56. The van der Waals surface area contributed by atoms with Crippen molar-refractivity contribution in [3.05, 3.63) is 28.8 Å². The summed E-state index contributed by atoms with van der Waals surface area (Å²) in [4.78, 5) is 11.4. The molecular weight excluding hydrogens is 266 g/mol. The Morgan fingerprint density at radius 2 is 2.21 bits per heavy atom. The number of carbonyl (C=O) groups excluding carboxylic acids is 1. The van der Waals surface area contributed by atoms with Gasteiger partial charge in [-0.25, -0.2) is 0 Å². The molecule has 0 amide bonds. The number of likely N-dealkylation sites (N-methyl/N-ethyl adjacent to an activating group) is 1. The summed E-state index contributed by atoms with van der Waals surface area (Å²) in [6.07, 6.45) is 0.600. The first-order chi connectivity index (χ1) is 9.08. The zero-order valence-electron chi connectivity index (χ0n) is 11.5. The normalized spacial score (nSPS) is 12.0. The highest BCUT2D eigenvalue weighted by Crippen LogP contribution is 2.26. The van der Waals surface area contributed by atoms with E-state index in [-0.39, 0.29) is 11.9 Å². The van der Waals surface area contributed by atoms with Crippen LogP contribution in [0.3, 0.4) is 0 Å². The maximum absolute atomic E-state index is 11.4. The molecule has 1 rings (SSSR count). The highest BCUT2D eigenvalue weighted by molar-refractivity contribution is 6.32. The van der Waals surface area contributed by atoms with E-state index in [0.717, 1.165) is 12.1 Å². The Hall–Kier alpha value is -1.26. The van der Waals surface area contributed by atoms with Crippen molar-refractivity contribution in [2.24, 2.45) is 5.92 Å². The zero-order chi connectivity index (χ0) is 14.3. The first-order valence-corrected chi connectivity index (χ1v) is 6.60. The van der Waals surface area contributed by atoms with Gasteiger partial charge >= 0.3 is 5.97 Å². The van der Waals surface area contributed by atoms with Crippen LogP contribution in [-0.4, -0.2) is 33.3 Å². The third-order valence-corrected chi connectivity index (χ3v) is 3.05. The minimum absolute atomic E-state index is 0.183. The predicted molar refractivity (Wildman–Crippen MR) is 75.8 cm³/mol. The van der Waals surface area contributed by atoms with Crippen LogP contribution in [0.2, 0.25) is 5.02 Å². The molecule has 1 N–H and O–H groups in total. The summed E-state index contributed by atoms with van der Waals surface area (Å²) in [6.45, 7) is 3.16. The minimum atomic E-state index is -0.217. The second-order valence-electron chi connectivity index (χ2n) is 4.35. The van der Waals surface area contributed by atoms with Crippen LogP contribution in [0.25, 0.3) is 0 Å². The number of carbonyl (C=O) groups is 1. The van der Waals surface area contributed by atoms with Gasteiger partial charge in [0, 0.05) is 6.54 Å². The standard InChI is InChI=1S/C14H20ClNO3/c1-10(14(17)18-3)8-11-4-5-13(12(15)9-11)19-7-6-16-2/h4-5,9-10,16H,6-8H2,1-3H3. The van der Waals surface area contributed by atoms with Gasteiger partial charge in [-0.1, -0.05) is 24.6 Å². The van der Waals surface area contributed by atoms with E-state index in [1.54, 1.807) is 0 Å². The quantitative estimate of drug-likeness (QED) is 0.617. The third kappa shape index (κ3) is 5.09. The van der Waals surface area contributed by atoms with Gasteiger partial charge in [0.15, 0.2) is 0 Å². The van der Waals surface area contributed by atoms with Gasteiger partial charge in [-0.2, -0.15) is 0 Å². The Kier molecular flexibility index (Phi) is 6.67. The number of ether oxygens (including phenoxy) is 2. The third-order valence-electron chi connectivity index (χ3n) is 2.75. The van der Waals surface area contributed by atoms with Crippen molar-refractivity contribution in [3.63, 3.8) is 0 Å². The molecule has 0 aliphatic carbocycles. The van der Waals surface area contributed by atoms with Crippen LogP contribution < -0.4 is 10.1 Å². The average molecular weight is 286 g/mol. The lowest BCUT2D eigenvalue weighted by Crippen LogP contribution is -2.16. The van der Waals surface area contributed by atoms with Gasteiger partial charge in [-0.15, -0.1) is 0 Å². The predicted octanol–water partition coefficient (Wildman–Crippen LogP) is 2.29. The molecule has 4 nitrogen and oxygen atoms in total. The summed E-state index contributed by atoms with van der Waals surface area (Å²) in [5.74, 6) is 0.258. The molecular formula is C14H20ClNO3. The van der Waals surface area contributed by atoms with E-state index in [4.69, 9.17) is 21.1 Å². The Labute approximate surface area is 119 Å². The molecule has 0 heterocycles. The van der Waals surface area contributed by atoms with Crippen molar-refractivity contribution in [2.75, 3.05) is 27.3 Å². The second-order valence-corrected chi connectivity index (χ2v) is 4.75. The van der Waals surface area contributed by atoms with Gasteiger partial charge < -0.3 is 14.8 Å². The molecule has 0 aliphatic rings. The van der Waals surface area contributed by atoms with Gasteiger partial charge in [-0.3, -0.25) is 4.79 Å². The summed E-state index contributed by atoms with van der Waals surface area (Å²) < 4.78 is 10.2. The number of rotatable bonds is 7. The number of nitrogens with one attached hydrogen (secondary N) is 1. The molecule has 0 saturated heterocycles. The topological polar surface area (TPSA) is 47.6 Å². The van der Waals surface area contributed by atoms with E-state index in [1.165, 1.54) is 7.11 Å². The van der Waals surface area contributed by atoms with E-state index in [2.05, 4.69) is 5.32 Å². The Morgan fingerprint density at radius 3 is 2.79 bits per heavy atom. The lowest BCUT2D eigenvalue weighted by atomic mass is 10.0. The molecule has 106 valence electrons. The maximum Gasteiger partial charge on any atom is 0.308 e. The van der Waals surface area contributed by atoms with Crippen molar-refractivity contribution in [3.8, 4) is 5.75 Å². The first-order valence-electron chi connectivity index (χ1n) is 6.22. The summed E-state index contributed by atoms with van der Waals surface area (Å²) in [5.41, 5.74) is 0.990. The van der Waals surface area contributed by atoms with Crippen molar-refractivity contribution in [1.82, 2.24) is 5.32 Å². The van der Waals surface area contributed by atoms with Crippen LogP contribution in [0.1, 0.15) is 12.5 Å². The van der Waals surface area contributed by atoms with Gasteiger partial charge in [0.1, 0.15) is 12.4 Å². The lowest BCUT2D eigenvalue weighted by molar-refractivity contribution is -0.144. The van der Waals surface area contributed by atoms with Crippen molar-refractivity contribution >= 4 is 17.6 Å². The number of halogens is 1. The molecule has 1 atom stereocenters. The summed E-state index contributed by atoms with van der Waals surface area (Å²) in [7, 11) is 3.26. The molecule has 0 aromatic heterocycles. The van der Waals surface area contributed by atoms with Gasteiger partial charge in [-0.05, 0) is 31.2 Å². The molecule has 0 saturated carbocycles. The van der Waals surface area contributed by atoms with Gasteiger partial charge in [0.25, 0.3) is 0 Å². The molecule has 0 bridgehead atoms. The largest absolute Gasteiger partial charge is 0.491 e. The van der Waals surface area contributed by atoms with E-state index in [0.29, 0.717) is 23.8 Å². The molecule has 1 aromatic rings. The SMILES string of the molecule is CNCCOc1ccc(CC(C)C(=O)OC)cc1Cl. The molecule has 1 unspecified atom stereocenters. The molecule has 0 fully saturated rings. The number of esters is 1. The Morgan fingerprint density at radius 1 is 1.47 bits per heavy atom. The van der Waals surface area contributed by atoms with Crippen LogP contribution in [0.15, 0.2) is 18.2 Å². The molecule has 1 aromatic carbocycles. The fourth-order valence-corrected chi connectivity index (χ4v) is 1.95. The fourth-order valence-electron chi connectivity index (χ4n) is 1.69. The van der Waals surface area contributed by atoms with Crippen LogP contribution in [0, 0.1) is 5.92 Å². The van der Waals surface area contributed by atoms with Crippen LogP contribution in [-0.2, 0) is 16.0 Å². The Balaban J connectivity index is 2.63. The molecule has 0 radical (unpaired) electrons. The van der Waals surface area contributed by atoms with E-state index in [1.807, 2.05) is 32.2 Å². The summed E-state index contributed by atoms with van der Waals surface area (Å²) >= 11 is 6.14. The van der Waals surface area contributed by atoms with Crippen LogP contribution in [0.5, 0.6) is 5.75 Å². The van der Waals surface area contributed by atoms with Gasteiger partial charge in [0.05, 0.1) is 18.1 Å². The zero-order valence-corrected chi connectivity index (χ0v) is 12.3. The monoisotopic (exact) mass is 285 g/mol. The van der Waals surface area contributed by atoms with Crippen molar-refractivity contribution < 1.29 is 14.3 Å². The molecule has 0 spiro atoms. The minimum Gasteiger partial charge on any atom is -0.491 e. The molecule has 5 heteroatoms. The van der Waals surface area contributed by atoms with Gasteiger partial charge in [0.2, 0.25) is 0 Å². The maximum atomic E-state index is 11.4. The number of hydrogen-bond acceptors (Lipinski definition) is 4. The van der Waals surface area contributed by atoms with Crippen molar-refractivity contribution in [2.45, 2.75) is 13.3 Å². The average Bonchev–Trinajstić information content (AvgIpc) is 2.40. The number of methoxy groups -OCH3 is 1. The lowest BCUT2D eigenvalue weighted by Gasteiger charge is -2.12. The molecule has 19 heavy (non-hydrogen) atoms. The first kappa shape index (κ1) is 15.8. The van der Waals surface area contributed by atoms with E-state index in [9.17, 15) is 4.79 Å². The van der Waals surface area contributed by atoms with E-state index >= 15 is 0 Å². The van der Waals surface area contributed by atoms with Crippen molar-refractivity contribution in [1.29, 1.82) is 0 Å². The smallest absolute Gasteiger partial charge is 0.308 e. The second kappa shape index (κ2) is 8.02. The summed E-state index contributed by atoms with van der Waals surface area (Å²) in [6, 6.07) is 5.58. The van der Waals surface area contributed by atoms with Crippen LogP contribution >= 0.6 is 11.6 Å². The van der Waals surface area contributed by atoms with Crippen LogP contribution in [0.4, 0.5) is 0 Å². The number of benzene rings is 1. The number of hydrogen-bond donors (Lipinski definition) is 1. The fraction of sp³-hybridized carbons (Fsp3) is 0.500. The highest BCUT2D eigenvalue weighted by atomic mass is 35.5. The Bertz CT molecular complexity index is 423. The van der Waals surface area contributed by atoms with E-state index < -0.39 is 0 Å². The molecule has 0 aliphatic heterocycles.